The summed E-state index contributed by atoms with van der Waals surface area (Å²) in [6, 6.07) is 7.09. The van der Waals surface area contributed by atoms with Gasteiger partial charge in [-0.05, 0) is 26.0 Å². The maximum Gasteiger partial charge on any atom is 0.187 e. The van der Waals surface area contributed by atoms with Crippen molar-refractivity contribution in [2.24, 2.45) is 0 Å². The van der Waals surface area contributed by atoms with E-state index in [9.17, 15) is 0 Å². The molecule has 0 aliphatic rings. The number of hydrogen-bond acceptors (Lipinski definition) is 1. The third-order valence-electron chi connectivity index (χ3n) is 1.03. The van der Waals surface area contributed by atoms with Gasteiger partial charge in [-0.15, -0.1) is 0 Å². The molecule has 1 aromatic carbocycles. The Bertz CT molecular complexity index is 211. The van der Waals surface area contributed by atoms with Crippen molar-refractivity contribution < 1.29 is 5.11 Å². The van der Waals surface area contributed by atoms with Crippen LogP contribution in [0.15, 0.2) is 24.3 Å². The van der Waals surface area contributed by atoms with Crippen molar-refractivity contribution in [2.45, 2.75) is 17.6 Å². The monoisotopic (exact) mass is 240 g/mol. The van der Waals surface area contributed by atoms with Crippen LogP contribution in [0.4, 0.5) is 0 Å². The molecule has 1 N–H and O–H groups in total. The van der Waals surface area contributed by atoms with Crippen molar-refractivity contribution in [2.75, 3.05) is 0 Å². The maximum atomic E-state index is 8.76. The van der Waals surface area contributed by atoms with Gasteiger partial charge in [0.15, 0.2) is 3.79 Å². The second-order valence-corrected chi connectivity index (χ2v) is 5.46. The standard InChI is InChI=1S/C7H8O.C2H3Cl3/c1-6-2-4-7(8)5-3-6;1-2(3,4)5/h2-5,8H,1H3;1H3. The van der Waals surface area contributed by atoms with E-state index in [0.717, 1.165) is 0 Å². The molecule has 0 aromatic heterocycles. The fourth-order valence-corrected chi connectivity index (χ4v) is 0.545. The molecule has 0 fully saturated rings. The summed E-state index contributed by atoms with van der Waals surface area (Å²) >= 11 is 15.2. The Labute approximate surface area is 93.2 Å². The van der Waals surface area contributed by atoms with Gasteiger partial charge in [0.25, 0.3) is 0 Å². The number of halogens is 3. The predicted molar refractivity (Wildman–Crippen MR) is 58.8 cm³/mol. The Hall–Kier alpha value is -0.110. The van der Waals surface area contributed by atoms with E-state index in [1.165, 1.54) is 12.5 Å². The van der Waals surface area contributed by atoms with Crippen molar-refractivity contribution in [1.29, 1.82) is 0 Å². The van der Waals surface area contributed by atoms with Gasteiger partial charge in [-0.2, -0.15) is 0 Å². The predicted octanol–water partition coefficient (Wildman–Crippen LogP) is 4.08. The lowest BCUT2D eigenvalue weighted by molar-refractivity contribution is 0.475. The van der Waals surface area contributed by atoms with Crippen LogP contribution in [0, 0.1) is 6.92 Å². The molecule has 0 heterocycles. The number of phenols is 1. The molecule has 4 heteroatoms. The van der Waals surface area contributed by atoms with Crippen LogP contribution in [0.2, 0.25) is 0 Å². The lowest BCUT2D eigenvalue weighted by atomic mass is 10.2. The third-order valence-corrected chi connectivity index (χ3v) is 1.03. The van der Waals surface area contributed by atoms with E-state index < -0.39 is 3.79 Å². The minimum absolute atomic E-state index is 0.329. The topological polar surface area (TPSA) is 20.2 Å². The molecular formula is C9H11Cl3O. The van der Waals surface area contributed by atoms with E-state index in [-0.39, 0.29) is 0 Å². The quantitative estimate of drug-likeness (QED) is 0.679. The Morgan fingerprint density at radius 1 is 1.08 bits per heavy atom. The van der Waals surface area contributed by atoms with Gasteiger partial charge in [0.05, 0.1) is 0 Å². The molecule has 0 saturated heterocycles. The highest BCUT2D eigenvalue weighted by molar-refractivity contribution is 6.67. The Morgan fingerprint density at radius 3 is 1.62 bits per heavy atom. The molecule has 1 rings (SSSR count). The van der Waals surface area contributed by atoms with Crippen molar-refractivity contribution in [3.63, 3.8) is 0 Å². The van der Waals surface area contributed by atoms with Gasteiger partial charge in [-0.3, -0.25) is 0 Å². The van der Waals surface area contributed by atoms with Gasteiger partial charge in [-0.25, -0.2) is 0 Å². The molecule has 0 atom stereocenters. The Morgan fingerprint density at radius 2 is 1.38 bits per heavy atom. The van der Waals surface area contributed by atoms with Crippen LogP contribution in [0.1, 0.15) is 12.5 Å². The SMILES string of the molecule is CC(Cl)(Cl)Cl.Cc1ccc(O)cc1. The second-order valence-electron chi connectivity index (χ2n) is 2.62. The zero-order valence-electron chi connectivity index (χ0n) is 7.39. The van der Waals surface area contributed by atoms with Gasteiger partial charge in [0.2, 0.25) is 0 Å². The molecule has 0 saturated carbocycles. The lowest BCUT2D eigenvalue weighted by Gasteiger charge is -1.94. The first kappa shape index (κ1) is 12.9. The number of hydrogen-bond donors (Lipinski definition) is 1. The molecule has 0 aliphatic heterocycles. The number of phenolic OH excluding ortho intramolecular Hbond substituents is 1. The van der Waals surface area contributed by atoms with E-state index in [4.69, 9.17) is 39.9 Å². The molecule has 0 bridgehead atoms. The molecule has 0 radical (unpaired) electrons. The van der Waals surface area contributed by atoms with Crippen LogP contribution in [-0.2, 0) is 0 Å². The first-order valence-corrected chi connectivity index (χ1v) is 4.75. The highest BCUT2D eigenvalue weighted by Crippen LogP contribution is 2.23. The van der Waals surface area contributed by atoms with E-state index >= 15 is 0 Å². The minimum Gasteiger partial charge on any atom is -0.508 e. The fraction of sp³-hybridized carbons (Fsp3) is 0.333. The fourth-order valence-electron chi connectivity index (χ4n) is 0.545. The van der Waals surface area contributed by atoms with Gasteiger partial charge >= 0.3 is 0 Å². The van der Waals surface area contributed by atoms with E-state index in [0.29, 0.717) is 5.75 Å². The first-order valence-electron chi connectivity index (χ1n) is 3.61. The normalized spacial score (nSPS) is 10.2. The molecule has 74 valence electrons. The summed E-state index contributed by atoms with van der Waals surface area (Å²) < 4.78 is -1.08. The summed E-state index contributed by atoms with van der Waals surface area (Å²) in [5.74, 6) is 0.329. The molecule has 0 amide bonds. The van der Waals surface area contributed by atoms with Crippen LogP contribution in [0.25, 0.3) is 0 Å². The van der Waals surface area contributed by atoms with Gasteiger partial charge in [-0.1, -0.05) is 52.5 Å². The second kappa shape index (κ2) is 5.58. The zero-order valence-corrected chi connectivity index (χ0v) is 9.66. The zero-order chi connectivity index (χ0) is 10.5. The molecule has 0 unspecified atom stereocenters. The molecule has 1 aromatic rings. The van der Waals surface area contributed by atoms with Crippen molar-refractivity contribution >= 4 is 34.8 Å². The Kier molecular flexibility index (Phi) is 5.54. The van der Waals surface area contributed by atoms with Crippen LogP contribution in [-0.4, -0.2) is 8.90 Å². The van der Waals surface area contributed by atoms with Crippen LogP contribution < -0.4 is 0 Å². The highest BCUT2D eigenvalue weighted by Gasteiger charge is 2.07. The van der Waals surface area contributed by atoms with E-state index in [1.54, 1.807) is 12.1 Å². The average molecular weight is 242 g/mol. The Balaban J connectivity index is 0.000000252. The summed E-state index contributed by atoms with van der Waals surface area (Å²) in [6.07, 6.45) is 0. The molecular weight excluding hydrogens is 230 g/mol. The molecule has 1 nitrogen and oxygen atoms in total. The minimum atomic E-state index is -1.08. The van der Waals surface area contributed by atoms with Crippen molar-refractivity contribution in [1.82, 2.24) is 0 Å². The average Bonchev–Trinajstić information content (AvgIpc) is 1.92. The first-order chi connectivity index (χ1) is 5.79. The highest BCUT2D eigenvalue weighted by atomic mass is 35.6. The van der Waals surface area contributed by atoms with Gasteiger partial charge in [0, 0.05) is 0 Å². The number of rotatable bonds is 0. The molecule has 13 heavy (non-hydrogen) atoms. The largest absolute Gasteiger partial charge is 0.508 e. The number of aryl methyl sites for hydroxylation is 1. The lowest BCUT2D eigenvalue weighted by Crippen LogP contribution is -1.87. The number of benzene rings is 1. The van der Waals surface area contributed by atoms with Crippen LogP contribution in [0.3, 0.4) is 0 Å². The van der Waals surface area contributed by atoms with Crippen molar-refractivity contribution in [3.8, 4) is 5.75 Å². The van der Waals surface area contributed by atoms with E-state index in [2.05, 4.69) is 0 Å². The van der Waals surface area contributed by atoms with Crippen LogP contribution >= 0.6 is 34.8 Å². The smallest absolute Gasteiger partial charge is 0.187 e. The van der Waals surface area contributed by atoms with Crippen LogP contribution in [0.5, 0.6) is 5.75 Å². The maximum absolute atomic E-state index is 8.76. The summed E-state index contributed by atoms with van der Waals surface area (Å²) in [7, 11) is 0. The van der Waals surface area contributed by atoms with Gasteiger partial charge in [0.1, 0.15) is 5.75 Å². The van der Waals surface area contributed by atoms with E-state index in [1.807, 2.05) is 19.1 Å². The van der Waals surface area contributed by atoms with Crippen molar-refractivity contribution in [3.05, 3.63) is 29.8 Å². The summed E-state index contributed by atoms with van der Waals surface area (Å²) in [4.78, 5) is 0. The molecule has 0 aliphatic carbocycles. The summed E-state index contributed by atoms with van der Waals surface area (Å²) in [5.41, 5.74) is 1.17. The van der Waals surface area contributed by atoms with Gasteiger partial charge < -0.3 is 5.11 Å². The third kappa shape index (κ3) is 11.9. The summed E-state index contributed by atoms with van der Waals surface area (Å²) in [6.45, 7) is 3.47. The summed E-state index contributed by atoms with van der Waals surface area (Å²) in [5, 5.41) is 8.76. The number of alkyl halides is 3. The molecule has 0 spiro atoms. The number of aromatic hydroxyl groups is 1.